The largest absolute Gasteiger partial charge is 0.335 e. The molecule has 2 fully saturated rings. The van der Waals surface area contributed by atoms with E-state index in [1.165, 1.54) is 11.1 Å². The molecule has 24 heavy (non-hydrogen) atoms. The molecule has 1 amide bonds. The molecule has 126 valence electrons. The SMILES string of the molecule is Cc1nn(Cc2ccccc2)c(C)c1[C@H]1NC(=O)[C@@H]2CCCCN12. The highest BCUT2D eigenvalue weighted by molar-refractivity contribution is 5.84. The molecular formula is C19H24N4O. The number of hydrogen-bond donors (Lipinski definition) is 1. The molecule has 2 aliphatic rings. The van der Waals surface area contributed by atoms with Crippen molar-refractivity contribution in [2.75, 3.05) is 6.54 Å². The molecule has 2 saturated heterocycles. The van der Waals surface area contributed by atoms with Gasteiger partial charge in [0.2, 0.25) is 5.91 Å². The van der Waals surface area contributed by atoms with Crippen molar-refractivity contribution in [1.29, 1.82) is 0 Å². The van der Waals surface area contributed by atoms with Gasteiger partial charge in [-0.15, -0.1) is 0 Å². The van der Waals surface area contributed by atoms with Crippen molar-refractivity contribution in [2.45, 2.75) is 51.9 Å². The maximum atomic E-state index is 12.3. The van der Waals surface area contributed by atoms with Crippen molar-refractivity contribution in [1.82, 2.24) is 20.0 Å². The number of aryl methyl sites for hydroxylation is 1. The Morgan fingerprint density at radius 3 is 2.79 bits per heavy atom. The lowest BCUT2D eigenvalue weighted by Gasteiger charge is -2.31. The molecular weight excluding hydrogens is 300 g/mol. The zero-order valence-electron chi connectivity index (χ0n) is 14.3. The van der Waals surface area contributed by atoms with Gasteiger partial charge in [-0.3, -0.25) is 14.4 Å². The second-order valence-electron chi connectivity index (χ2n) is 6.89. The van der Waals surface area contributed by atoms with E-state index in [1.807, 2.05) is 13.0 Å². The van der Waals surface area contributed by atoms with Crippen LogP contribution in [-0.4, -0.2) is 33.2 Å². The normalized spacial score (nSPS) is 24.0. The first-order chi connectivity index (χ1) is 11.6. The number of carbonyl (C=O) groups excluding carboxylic acids is 1. The van der Waals surface area contributed by atoms with Gasteiger partial charge in [-0.1, -0.05) is 36.8 Å². The van der Waals surface area contributed by atoms with Gasteiger partial charge in [0.05, 0.1) is 18.3 Å². The van der Waals surface area contributed by atoms with Crippen LogP contribution in [0.4, 0.5) is 0 Å². The molecule has 0 radical (unpaired) electrons. The van der Waals surface area contributed by atoms with Crippen LogP contribution in [0.3, 0.4) is 0 Å². The van der Waals surface area contributed by atoms with Crippen LogP contribution in [0.2, 0.25) is 0 Å². The summed E-state index contributed by atoms with van der Waals surface area (Å²) in [6.07, 6.45) is 3.26. The highest BCUT2D eigenvalue weighted by Gasteiger charge is 2.43. The van der Waals surface area contributed by atoms with E-state index in [0.29, 0.717) is 0 Å². The van der Waals surface area contributed by atoms with Crippen molar-refractivity contribution < 1.29 is 4.79 Å². The minimum atomic E-state index is -0.0210. The van der Waals surface area contributed by atoms with Gasteiger partial charge in [-0.05, 0) is 32.3 Å². The number of nitrogens with one attached hydrogen (secondary N) is 1. The average Bonchev–Trinajstić information content (AvgIpc) is 3.06. The number of rotatable bonds is 3. The van der Waals surface area contributed by atoms with E-state index in [-0.39, 0.29) is 18.1 Å². The fraction of sp³-hybridized carbons (Fsp3) is 0.474. The highest BCUT2D eigenvalue weighted by atomic mass is 16.2. The molecule has 2 aromatic rings. The van der Waals surface area contributed by atoms with Crippen molar-refractivity contribution in [3.8, 4) is 0 Å². The average molecular weight is 324 g/mol. The number of nitrogens with zero attached hydrogens (tertiary/aromatic N) is 3. The quantitative estimate of drug-likeness (QED) is 0.944. The molecule has 0 aliphatic carbocycles. The summed E-state index contributed by atoms with van der Waals surface area (Å²) in [6, 6.07) is 10.4. The summed E-state index contributed by atoms with van der Waals surface area (Å²) >= 11 is 0. The van der Waals surface area contributed by atoms with E-state index >= 15 is 0 Å². The lowest BCUT2D eigenvalue weighted by Crippen LogP contribution is -2.38. The van der Waals surface area contributed by atoms with Crippen molar-refractivity contribution in [2.24, 2.45) is 0 Å². The van der Waals surface area contributed by atoms with E-state index in [9.17, 15) is 4.79 Å². The predicted molar refractivity (Wildman–Crippen MR) is 92.5 cm³/mol. The predicted octanol–water partition coefficient (Wildman–Crippen LogP) is 2.53. The first kappa shape index (κ1) is 15.4. The van der Waals surface area contributed by atoms with Crippen molar-refractivity contribution >= 4 is 5.91 Å². The van der Waals surface area contributed by atoms with E-state index in [4.69, 9.17) is 5.10 Å². The van der Waals surface area contributed by atoms with E-state index in [0.717, 1.165) is 43.7 Å². The highest BCUT2D eigenvalue weighted by Crippen LogP contribution is 2.34. The standard InChI is InChI=1S/C19H24N4O/c1-13-17(18-20-19(24)16-10-6-7-11-22(16)18)14(2)23(21-13)12-15-8-4-3-5-9-15/h3-5,8-9,16,18H,6-7,10-12H2,1-2H3,(H,20,24)/t16-,18-/m0/s1. The summed E-state index contributed by atoms with van der Waals surface area (Å²) in [6.45, 7) is 5.91. The fourth-order valence-corrected chi connectivity index (χ4v) is 4.11. The molecule has 3 heterocycles. The van der Waals surface area contributed by atoms with Crippen LogP contribution < -0.4 is 5.32 Å². The third-order valence-corrected chi connectivity index (χ3v) is 5.34. The Morgan fingerprint density at radius 2 is 2.00 bits per heavy atom. The number of amides is 1. The van der Waals surface area contributed by atoms with E-state index in [1.54, 1.807) is 0 Å². The van der Waals surface area contributed by atoms with E-state index in [2.05, 4.69) is 46.1 Å². The zero-order valence-corrected chi connectivity index (χ0v) is 14.3. The Labute approximate surface area is 142 Å². The van der Waals surface area contributed by atoms with Crippen LogP contribution >= 0.6 is 0 Å². The monoisotopic (exact) mass is 324 g/mol. The van der Waals surface area contributed by atoms with Gasteiger partial charge in [-0.2, -0.15) is 5.10 Å². The minimum Gasteiger partial charge on any atom is -0.335 e. The van der Waals surface area contributed by atoms with Gasteiger partial charge in [-0.25, -0.2) is 0 Å². The zero-order chi connectivity index (χ0) is 16.7. The molecule has 0 unspecified atom stereocenters. The summed E-state index contributed by atoms with van der Waals surface area (Å²) in [5.74, 6) is 0.175. The van der Waals surface area contributed by atoms with Crippen LogP contribution in [0.1, 0.15) is 47.9 Å². The van der Waals surface area contributed by atoms with Crippen LogP contribution in [-0.2, 0) is 11.3 Å². The number of benzene rings is 1. The van der Waals surface area contributed by atoms with Gasteiger partial charge < -0.3 is 5.32 Å². The summed E-state index contributed by atoms with van der Waals surface area (Å²) < 4.78 is 2.06. The first-order valence-corrected chi connectivity index (χ1v) is 8.79. The Hall–Kier alpha value is -2.14. The van der Waals surface area contributed by atoms with Crippen LogP contribution in [0.5, 0.6) is 0 Å². The van der Waals surface area contributed by atoms with Crippen molar-refractivity contribution in [3.05, 3.63) is 52.8 Å². The smallest absolute Gasteiger partial charge is 0.238 e. The Balaban J connectivity index is 1.65. The third-order valence-electron chi connectivity index (χ3n) is 5.34. The van der Waals surface area contributed by atoms with E-state index < -0.39 is 0 Å². The molecule has 0 spiro atoms. The number of aromatic nitrogens is 2. The number of piperidine rings is 1. The maximum Gasteiger partial charge on any atom is 0.238 e. The molecule has 0 bridgehead atoms. The van der Waals surface area contributed by atoms with Gasteiger partial charge in [0.15, 0.2) is 0 Å². The Kier molecular flexibility index (Phi) is 3.88. The third kappa shape index (κ3) is 2.53. The number of carbonyl (C=O) groups is 1. The van der Waals surface area contributed by atoms with Crippen LogP contribution in [0.25, 0.3) is 0 Å². The molecule has 5 heteroatoms. The molecule has 2 aliphatic heterocycles. The number of fused-ring (bicyclic) bond motifs is 1. The van der Waals surface area contributed by atoms with Crippen LogP contribution in [0.15, 0.2) is 30.3 Å². The first-order valence-electron chi connectivity index (χ1n) is 8.79. The lowest BCUT2D eigenvalue weighted by atomic mass is 10.0. The summed E-state index contributed by atoms with van der Waals surface area (Å²) in [5.41, 5.74) is 4.57. The fourth-order valence-electron chi connectivity index (χ4n) is 4.11. The molecule has 1 N–H and O–H groups in total. The lowest BCUT2D eigenvalue weighted by molar-refractivity contribution is -0.122. The van der Waals surface area contributed by atoms with Gasteiger partial charge in [0, 0.05) is 17.8 Å². The second-order valence-corrected chi connectivity index (χ2v) is 6.89. The summed E-state index contributed by atoms with van der Waals surface area (Å²) in [7, 11) is 0. The Bertz CT molecular complexity index is 752. The molecule has 2 atom stereocenters. The minimum absolute atomic E-state index is 0.0210. The topological polar surface area (TPSA) is 50.2 Å². The molecule has 1 aromatic heterocycles. The second kappa shape index (κ2) is 6.06. The molecule has 4 rings (SSSR count). The maximum absolute atomic E-state index is 12.3. The molecule has 0 saturated carbocycles. The molecule has 1 aromatic carbocycles. The van der Waals surface area contributed by atoms with Crippen molar-refractivity contribution in [3.63, 3.8) is 0 Å². The summed E-state index contributed by atoms with van der Waals surface area (Å²) in [5, 5.41) is 7.96. The number of hydrogen-bond acceptors (Lipinski definition) is 3. The Morgan fingerprint density at radius 1 is 1.21 bits per heavy atom. The van der Waals surface area contributed by atoms with Gasteiger partial charge >= 0.3 is 0 Å². The summed E-state index contributed by atoms with van der Waals surface area (Å²) in [4.78, 5) is 14.7. The van der Waals surface area contributed by atoms with Crippen LogP contribution in [0, 0.1) is 13.8 Å². The van der Waals surface area contributed by atoms with Gasteiger partial charge in [0.1, 0.15) is 6.17 Å². The molecule has 5 nitrogen and oxygen atoms in total. The van der Waals surface area contributed by atoms with Gasteiger partial charge in [0.25, 0.3) is 0 Å².